The standard InChI is InChI=1S/C30H23N5O3/c1-38-25-9-5-8-24(17-25)33-30(37)22-14-12-21(13-15-22)29-34-26-10-2-3-11-27(26)35(29)19-28(36)32-23-7-4-6-20(16-23)18-31/h2-17H,19H2,1H3,(H,32,36)(H,33,37). The lowest BCUT2D eigenvalue weighted by Crippen LogP contribution is -2.19. The molecule has 0 unspecified atom stereocenters. The van der Waals surface area contributed by atoms with Crippen molar-refractivity contribution in [2.45, 2.75) is 6.54 Å². The number of anilines is 2. The fraction of sp³-hybridized carbons (Fsp3) is 0.0667. The van der Waals surface area contributed by atoms with E-state index in [1.807, 2.05) is 41.0 Å². The molecule has 0 aliphatic carbocycles. The molecule has 186 valence electrons. The summed E-state index contributed by atoms with van der Waals surface area (Å²) in [5, 5.41) is 14.9. The molecule has 0 saturated heterocycles. The number of carbonyl (C=O) groups is 2. The Balaban J connectivity index is 1.39. The molecule has 0 bridgehead atoms. The largest absolute Gasteiger partial charge is 0.497 e. The Kier molecular flexibility index (Phi) is 6.83. The van der Waals surface area contributed by atoms with E-state index in [1.54, 1.807) is 67.8 Å². The zero-order valence-corrected chi connectivity index (χ0v) is 20.5. The first-order valence-corrected chi connectivity index (χ1v) is 11.8. The van der Waals surface area contributed by atoms with Crippen molar-refractivity contribution in [3.63, 3.8) is 0 Å². The molecule has 5 rings (SSSR count). The summed E-state index contributed by atoms with van der Waals surface area (Å²) in [6.45, 7) is 0.0186. The monoisotopic (exact) mass is 501 g/mol. The second-order valence-electron chi connectivity index (χ2n) is 8.51. The number of methoxy groups -OCH3 is 1. The summed E-state index contributed by atoms with van der Waals surface area (Å²) in [6, 6.07) is 30.6. The number of carbonyl (C=O) groups excluding carboxylic acids is 2. The van der Waals surface area contributed by atoms with Crippen molar-refractivity contribution in [2.24, 2.45) is 0 Å². The van der Waals surface area contributed by atoms with E-state index in [0.29, 0.717) is 34.1 Å². The highest BCUT2D eigenvalue weighted by Gasteiger charge is 2.16. The fourth-order valence-corrected chi connectivity index (χ4v) is 4.14. The normalized spacial score (nSPS) is 10.5. The lowest BCUT2D eigenvalue weighted by Gasteiger charge is -2.11. The maximum Gasteiger partial charge on any atom is 0.255 e. The number of imidazole rings is 1. The first-order valence-electron chi connectivity index (χ1n) is 11.8. The van der Waals surface area contributed by atoms with Crippen LogP contribution in [-0.2, 0) is 11.3 Å². The number of nitriles is 1. The van der Waals surface area contributed by atoms with Crippen LogP contribution in [0.25, 0.3) is 22.4 Å². The predicted molar refractivity (Wildman–Crippen MR) is 146 cm³/mol. The summed E-state index contributed by atoms with van der Waals surface area (Å²) in [5.41, 5.74) is 4.45. The fourth-order valence-electron chi connectivity index (χ4n) is 4.14. The molecule has 0 saturated carbocycles. The van der Waals surface area contributed by atoms with Crippen molar-refractivity contribution in [1.29, 1.82) is 5.26 Å². The molecule has 5 aromatic rings. The Morgan fingerprint density at radius 2 is 1.63 bits per heavy atom. The first-order chi connectivity index (χ1) is 18.5. The van der Waals surface area contributed by atoms with Gasteiger partial charge in [0.15, 0.2) is 0 Å². The van der Waals surface area contributed by atoms with Crippen LogP contribution < -0.4 is 15.4 Å². The summed E-state index contributed by atoms with van der Waals surface area (Å²) < 4.78 is 7.05. The van der Waals surface area contributed by atoms with Gasteiger partial charge in [0.1, 0.15) is 18.1 Å². The molecule has 4 aromatic carbocycles. The Morgan fingerprint density at radius 1 is 0.895 bits per heavy atom. The highest BCUT2D eigenvalue weighted by Crippen LogP contribution is 2.26. The second-order valence-corrected chi connectivity index (χ2v) is 8.51. The molecular weight excluding hydrogens is 478 g/mol. The highest BCUT2D eigenvalue weighted by molar-refractivity contribution is 6.04. The van der Waals surface area contributed by atoms with Crippen LogP contribution in [0, 0.1) is 11.3 Å². The summed E-state index contributed by atoms with van der Waals surface area (Å²) in [7, 11) is 1.57. The first kappa shape index (κ1) is 24.3. The molecule has 0 radical (unpaired) electrons. The molecule has 1 aromatic heterocycles. The molecule has 2 amide bonds. The van der Waals surface area contributed by atoms with Crippen molar-refractivity contribution in [3.05, 3.63) is 108 Å². The van der Waals surface area contributed by atoms with Crippen LogP contribution in [0.3, 0.4) is 0 Å². The van der Waals surface area contributed by atoms with Crippen molar-refractivity contribution < 1.29 is 14.3 Å². The van der Waals surface area contributed by atoms with Crippen molar-refractivity contribution in [2.75, 3.05) is 17.7 Å². The number of para-hydroxylation sites is 2. The maximum absolute atomic E-state index is 13.0. The molecule has 8 nitrogen and oxygen atoms in total. The highest BCUT2D eigenvalue weighted by atomic mass is 16.5. The van der Waals surface area contributed by atoms with Gasteiger partial charge in [0.25, 0.3) is 5.91 Å². The number of amides is 2. The smallest absolute Gasteiger partial charge is 0.255 e. The van der Waals surface area contributed by atoms with Gasteiger partial charge in [-0.25, -0.2) is 4.98 Å². The van der Waals surface area contributed by atoms with Crippen LogP contribution in [0.5, 0.6) is 5.75 Å². The molecule has 0 spiro atoms. The molecule has 0 atom stereocenters. The molecule has 2 N–H and O–H groups in total. The Hall–Kier alpha value is -5.42. The molecule has 0 aliphatic rings. The van der Waals surface area contributed by atoms with E-state index in [1.165, 1.54) is 0 Å². The van der Waals surface area contributed by atoms with Crippen LogP contribution >= 0.6 is 0 Å². The number of hydrogen-bond donors (Lipinski definition) is 2. The molecule has 1 heterocycles. The van der Waals surface area contributed by atoms with E-state index in [0.717, 1.165) is 16.6 Å². The van der Waals surface area contributed by atoms with Crippen molar-refractivity contribution in [3.8, 4) is 23.2 Å². The van der Waals surface area contributed by atoms with E-state index >= 15 is 0 Å². The Labute approximate surface area is 219 Å². The number of ether oxygens (including phenoxy) is 1. The van der Waals surface area contributed by atoms with E-state index in [9.17, 15) is 9.59 Å². The summed E-state index contributed by atoms with van der Waals surface area (Å²) in [6.07, 6.45) is 0. The topological polar surface area (TPSA) is 109 Å². The number of rotatable bonds is 7. The van der Waals surface area contributed by atoms with Crippen LogP contribution in [-0.4, -0.2) is 28.5 Å². The zero-order chi connectivity index (χ0) is 26.5. The van der Waals surface area contributed by atoms with Gasteiger partial charge in [0.2, 0.25) is 5.91 Å². The van der Waals surface area contributed by atoms with Crippen LogP contribution in [0.15, 0.2) is 97.1 Å². The van der Waals surface area contributed by atoms with Crippen LogP contribution in [0.4, 0.5) is 11.4 Å². The van der Waals surface area contributed by atoms with Gasteiger partial charge in [-0.05, 0) is 54.6 Å². The van der Waals surface area contributed by atoms with E-state index in [2.05, 4.69) is 16.7 Å². The number of nitrogens with one attached hydrogen (secondary N) is 2. The van der Waals surface area contributed by atoms with Gasteiger partial charge in [-0.3, -0.25) is 9.59 Å². The van der Waals surface area contributed by atoms with Crippen molar-refractivity contribution in [1.82, 2.24) is 9.55 Å². The van der Waals surface area contributed by atoms with E-state index < -0.39 is 0 Å². The molecule has 8 heteroatoms. The molecule has 0 fully saturated rings. The molecule has 0 aliphatic heterocycles. The minimum atomic E-state index is -0.253. The van der Waals surface area contributed by atoms with Gasteiger partial charge < -0.3 is 19.9 Å². The summed E-state index contributed by atoms with van der Waals surface area (Å²) in [5.74, 6) is 0.752. The maximum atomic E-state index is 13.0. The average molecular weight is 502 g/mol. The van der Waals surface area contributed by atoms with Crippen LogP contribution in [0.1, 0.15) is 15.9 Å². The van der Waals surface area contributed by atoms with Gasteiger partial charge in [-0.2, -0.15) is 5.26 Å². The minimum absolute atomic E-state index is 0.0186. The summed E-state index contributed by atoms with van der Waals surface area (Å²) in [4.78, 5) is 30.5. The van der Waals surface area contributed by atoms with Gasteiger partial charge >= 0.3 is 0 Å². The van der Waals surface area contributed by atoms with Gasteiger partial charge in [0, 0.05) is 28.6 Å². The second kappa shape index (κ2) is 10.7. The Morgan fingerprint density at radius 3 is 2.39 bits per heavy atom. The predicted octanol–water partition coefficient (Wildman–Crippen LogP) is 5.47. The minimum Gasteiger partial charge on any atom is -0.497 e. The van der Waals surface area contributed by atoms with Gasteiger partial charge in [-0.15, -0.1) is 0 Å². The third-order valence-electron chi connectivity index (χ3n) is 5.96. The van der Waals surface area contributed by atoms with Crippen LogP contribution in [0.2, 0.25) is 0 Å². The quantitative estimate of drug-likeness (QED) is 0.307. The number of aromatic nitrogens is 2. The van der Waals surface area contributed by atoms with Crippen molar-refractivity contribution >= 4 is 34.2 Å². The van der Waals surface area contributed by atoms with E-state index in [4.69, 9.17) is 15.0 Å². The van der Waals surface area contributed by atoms with Gasteiger partial charge in [0.05, 0.1) is 29.8 Å². The third-order valence-corrected chi connectivity index (χ3v) is 5.96. The molecule has 38 heavy (non-hydrogen) atoms. The third kappa shape index (κ3) is 5.22. The lowest BCUT2D eigenvalue weighted by molar-refractivity contribution is -0.116. The number of fused-ring (bicyclic) bond motifs is 1. The number of hydrogen-bond acceptors (Lipinski definition) is 5. The van der Waals surface area contributed by atoms with E-state index in [-0.39, 0.29) is 18.4 Å². The zero-order valence-electron chi connectivity index (χ0n) is 20.5. The molecular formula is C30H23N5O3. The average Bonchev–Trinajstić information content (AvgIpc) is 3.31. The number of benzene rings is 4. The van der Waals surface area contributed by atoms with Gasteiger partial charge in [-0.1, -0.05) is 36.4 Å². The SMILES string of the molecule is COc1cccc(NC(=O)c2ccc(-c3nc4ccccc4n3CC(=O)Nc3cccc(C#N)c3)cc2)c1. The number of nitrogens with zero attached hydrogens (tertiary/aromatic N) is 3. The summed E-state index contributed by atoms with van der Waals surface area (Å²) >= 11 is 0. The lowest BCUT2D eigenvalue weighted by atomic mass is 10.1. The Bertz CT molecular complexity index is 1680.